The van der Waals surface area contributed by atoms with Gasteiger partial charge in [-0.1, -0.05) is 164 Å². The van der Waals surface area contributed by atoms with Crippen molar-refractivity contribution in [3.05, 3.63) is 223 Å². The lowest BCUT2D eigenvalue weighted by atomic mass is 9.40. The molecule has 0 bridgehead atoms. The van der Waals surface area contributed by atoms with Gasteiger partial charge in [-0.15, -0.1) is 0 Å². The highest BCUT2D eigenvalue weighted by Gasteiger charge is 2.52. The van der Waals surface area contributed by atoms with E-state index >= 15 is 0 Å². The van der Waals surface area contributed by atoms with E-state index in [2.05, 4.69) is 208 Å². The van der Waals surface area contributed by atoms with E-state index in [-0.39, 0.29) is 20.9 Å². The second-order valence-corrected chi connectivity index (χ2v) is 13.9. The lowest BCUT2D eigenvalue weighted by Crippen LogP contribution is -2.74. The summed E-state index contributed by atoms with van der Waals surface area (Å²) in [4.78, 5) is 10.3. The molecule has 5 nitrogen and oxygen atoms in total. The van der Waals surface area contributed by atoms with Crippen LogP contribution in [0.25, 0.3) is 50.7 Å². The summed E-state index contributed by atoms with van der Waals surface area (Å²) in [5.74, 6) is 7.83. The van der Waals surface area contributed by atoms with Crippen molar-refractivity contribution in [3.63, 3.8) is 0 Å². The Morgan fingerprint density at radius 2 is 0.963 bits per heavy atom. The molecule has 0 spiro atoms. The molecular formula is C46H34B3N5. The molecular weight excluding hydrogens is 655 g/mol. The first-order valence-corrected chi connectivity index (χ1v) is 18.5. The Morgan fingerprint density at radius 1 is 0.426 bits per heavy atom. The second-order valence-electron chi connectivity index (χ2n) is 13.9. The third-order valence-corrected chi connectivity index (χ3v) is 10.6. The highest BCUT2D eigenvalue weighted by Crippen LogP contribution is 2.40. The molecule has 54 heavy (non-hydrogen) atoms. The summed E-state index contributed by atoms with van der Waals surface area (Å²) in [7, 11) is 0. The van der Waals surface area contributed by atoms with Crippen LogP contribution in [0.15, 0.2) is 206 Å². The Kier molecular flexibility index (Phi) is 8.06. The molecule has 0 atom stereocenters. The van der Waals surface area contributed by atoms with Crippen molar-refractivity contribution >= 4 is 37.8 Å². The number of benzene rings is 5. The number of hydrogen-bond acceptors (Lipinski definition) is 5. The summed E-state index contributed by atoms with van der Waals surface area (Å²) in [6.07, 6.45) is 13.4. The Labute approximate surface area is 317 Å². The van der Waals surface area contributed by atoms with Crippen LogP contribution >= 0.6 is 0 Å². The minimum absolute atomic E-state index is 0.00755. The quantitative estimate of drug-likeness (QED) is 0.163. The summed E-state index contributed by atoms with van der Waals surface area (Å²) in [6.45, 7) is -0.0209. The molecule has 4 aliphatic heterocycles. The van der Waals surface area contributed by atoms with Crippen LogP contribution in [0.1, 0.15) is 16.7 Å². The van der Waals surface area contributed by atoms with Crippen LogP contribution in [0.3, 0.4) is 0 Å². The van der Waals surface area contributed by atoms with Gasteiger partial charge in [-0.05, 0) is 70.6 Å². The number of hydrogen-bond donors (Lipinski definition) is 0. The van der Waals surface area contributed by atoms with Crippen molar-refractivity contribution in [1.82, 2.24) is 24.1 Å². The largest absolute Gasteiger partial charge is 0.423 e. The molecule has 10 rings (SSSR count). The lowest BCUT2D eigenvalue weighted by Gasteiger charge is -2.55. The maximum absolute atomic E-state index is 5.17. The first kappa shape index (κ1) is 31.9. The molecule has 0 saturated carbocycles. The van der Waals surface area contributed by atoms with Crippen LogP contribution in [-0.2, 0) is 0 Å². The highest BCUT2D eigenvalue weighted by molar-refractivity contribution is 6.93. The number of aromatic nitrogens is 2. The van der Waals surface area contributed by atoms with Gasteiger partial charge < -0.3 is 14.2 Å². The monoisotopic (exact) mass is 689 g/mol. The standard InChI is InChI=1S/C46H34B3N5/c1-5-16-35(17-6-1)41-26-29-53-48(33-41)52-28-14-13-27-47(52)54-45(31-42(34-49(53)54)36-18-7-2-8-19-36)39-24-15-25-40(30-39)46-50-43(37-20-9-3-10-21-37)32-44(51-46)38-22-11-4-12-23-38/h1-34H. The smallest absolute Gasteiger partial charge is 0.381 e. The SMILES string of the molecule is C1=CB2N(C=C1)B1C=C(c3ccccc3)C=CN1B1C=C(c3ccccc3)C=C(c3cccc(-c4nc(-c5ccccc5)cc(-c5ccccc5)n4)c3)N21. The molecule has 8 heteroatoms. The van der Waals surface area contributed by atoms with Crippen molar-refractivity contribution in [3.8, 4) is 33.9 Å². The zero-order valence-corrected chi connectivity index (χ0v) is 29.6. The van der Waals surface area contributed by atoms with E-state index in [4.69, 9.17) is 9.97 Å². The van der Waals surface area contributed by atoms with Gasteiger partial charge >= 0.3 is 20.9 Å². The van der Waals surface area contributed by atoms with Crippen molar-refractivity contribution in [2.24, 2.45) is 0 Å². The van der Waals surface area contributed by atoms with Crippen molar-refractivity contribution in [1.29, 1.82) is 0 Å². The maximum atomic E-state index is 5.17. The Balaban J connectivity index is 1.11. The van der Waals surface area contributed by atoms with Crippen molar-refractivity contribution < 1.29 is 0 Å². The number of fused-ring (bicyclic) bond motifs is 6. The van der Waals surface area contributed by atoms with Gasteiger partial charge in [0.15, 0.2) is 5.82 Å². The van der Waals surface area contributed by atoms with Gasteiger partial charge in [0.2, 0.25) is 0 Å². The predicted molar refractivity (Wildman–Crippen MR) is 225 cm³/mol. The number of nitrogens with zero attached hydrogens (tertiary/aromatic N) is 5. The van der Waals surface area contributed by atoms with E-state index in [1.807, 2.05) is 12.1 Å². The molecule has 1 aromatic heterocycles. The molecule has 1 fully saturated rings. The van der Waals surface area contributed by atoms with Crippen molar-refractivity contribution in [2.75, 3.05) is 0 Å². The van der Waals surface area contributed by atoms with Crippen LogP contribution in [-0.4, -0.2) is 45.1 Å². The molecule has 5 aromatic carbocycles. The van der Waals surface area contributed by atoms with Crippen LogP contribution in [0.4, 0.5) is 0 Å². The fraction of sp³-hybridized carbons (Fsp3) is 0. The minimum Gasteiger partial charge on any atom is -0.423 e. The predicted octanol–water partition coefficient (Wildman–Crippen LogP) is 9.61. The molecule has 6 aromatic rings. The molecule has 0 radical (unpaired) electrons. The normalized spacial score (nSPS) is 15.7. The van der Waals surface area contributed by atoms with Gasteiger partial charge in [0.25, 0.3) is 0 Å². The Morgan fingerprint density at radius 3 is 1.61 bits per heavy atom. The summed E-state index contributed by atoms with van der Waals surface area (Å²) in [6, 6.07) is 53.0. The Hall–Kier alpha value is -6.79. The van der Waals surface area contributed by atoms with Gasteiger partial charge in [-0.2, -0.15) is 0 Å². The first-order valence-electron chi connectivity index (χ1n) is 18.5. The summed E-state index contributed by atoms with van der Waals surface area (Å²) in [5.41, 5.74) is 12.0. The van der Waals surface area contributed by atoms with E-state index in [9.17, 15) is 0 Å². The van der Waals surface area contributed by atoms with Gasteiger partial charge in [-0.3, -0.25) is 0 Å². The fourth-order valence-electron chi connectivity index (χ4n) is 7.98. The van der Waals surface area contributed by atoms with E-state index in [1.54, 1.807) is 0 Å². The average molecular weight is 689 g/mol. The number of rotatable bonds is 6. The molecule has 0 aliphatic carbocycles. The van der Waals surface area contributed by atoms with E-state index in [0.717, 1.165) is 39.3 Å². The zero-order valence-electron chi connectivity index (χ0n) is 29.6. The Bertz CT molecular complexity index is 2470. The van der Waals surface area contributed by atoms with E-state index in [0.29, 0.717) is 5.82 Å². The molecule has 1 saturated heterocycles. The molecule has 4 aliphatic rings. The van der Waals surface area contributed by atoms with Crippen LogP contribution in [0, 0.1) is 0 Å². The first-order chi connectivity index (χ1) is 26.8. The average Bonchev–Trinajstić information content (AvgIpc) is 3.27. The minimum atomic E-state index is -0.0431. The summed E-state index contributed by atoms with van der Waals surface area (Å²) >= 11 is 0. The zero-order chi connectivity index (χ0) is 35.8. The van der Waals surface area contributed by atoms with Crippen LogP contribution in [0.5, 0.6) is 0 Å². The van der Waals surface area contributed by atoms with E-state index < -0.39 is 0 Å². The molecule has 0 amide bonds. The second kappa shape index (κ2) is 13.6. The van der Waals surface area contributed by atoms with Gasteiger partial charge in [0, 0.05) is 22.4 Å². The molecule has 5 heterocycles. The van der Waals surface area contributed by atoms with Crippen LogP contribution < -0.4 is 0 Å². The molecule has 0 unspecified atom stereocenters. The topological polar surface area (TPSA) is 35.5 Å². The van der Waals surface area contributed by atoms with Gasteiger partial charge in [0.05, 0.1) is 11.4 Å². The summed E-state index contributed by atoms with van der Waals surface area (Å²) < 4.78 is 7.48. The molecule has 0 N–H and O–H groups in total. The lowest BCUT2D eigenvalue weighted by molar-refractivity contribution is 0.633. The highest BCUT2D eigenvalue weighted by atomic mass is 15.3. The van der Waals surface area contributed by atoms with E-state index in [1.165, 1.54) is 22.3 Å². The van der Waals surface area contributed by atoms with Gasteiger partial charge in [-0.25, -0.2) is 9.97 Å². The number of allylic oxidation sites excluding steroid dienone is 6. The maximum Gasteiger partial charge on any atom is 0.381 e. The summed E-state index contributed by atoms with van der Waals surface area (Å²) in [5, 5.41) is 0. The van der Waals surface area contributed by atoms with Crippen LogP contribution in [0.2, 0.25) is 0 Å². The third kappa shape index (κ3) is 5.82. The fourth-order valence-corrected chi connectivity index (χ4v) is 7.98. The third-order valence-electron chi connectivity index (χ3n) is 10.6. The van der Waals surface area contributed by atoms with Gasteiger partial charge in [0.1, 0.15) is 0 Å². The molecule has 252 valence electrons. The van der Waals surface area contributed by atoms with Crippen molar-refractivity contribution in [2.45, 2.75) is 0 Å².